The van der Waals surface area contributed by atoms with Gasteiger partial charge in [0.1, 0.15) is 0 Å². The smallest absolute Gasteiger partial charge is 0.287 e. The number of benzene rings is 2. The summed E-state index contributed by atoms with van der Waals surface area (Å²) in [5, 5.41) is 7.22. The van der Waals surface area contributed by atoms with Crippen LogP contribution in [0.25, 0.3) is 21.4 Å². The molecular formula is C24H23N5O3S. The van der Waals surface area contributed by atoms with Gasteiger partial charge in [-0.1, -0.05) is 28.8 Å². The lowest BCUT2D eigenvalue weighted by molar-refractivity contribution is 0.0923. The lowest BCUT2D eigenvalue weighted by Gasteiger charge is -2.34. The topological polar surface area (TPSA) is 91.6 Å². The molecule has 8 nitrogen and oxygen atoms in total. The Morgan fingerprint density at radius 1 is 1.12 bits per heavy atom. The molecule has 4 aromatic rings. The van der Waals surface area contributed by atoms with Gasteiger partial charge < -0.3 is 19.5 Å². The van der Waals surface area contributed by atoms with Crippen LogP contribution in [0, 0.1) is 0 Å². The maximum Gasteiger partial charge on any atom is 0.287 e. The van der Waals surface area contributed by atoms with E-state index in [-0.39, 0.29) is 11.2 Å². The van der Waals surface area contributed by atoms with Crippen molar-refractivity contribution in [3.8, 4) is 10.4 Å². The number of aromatic nitrogens is 2. The fourth-order valence-electron chi connectivity index (χ4n) is 3.97. The number of nitrogens with zero attached hydrogens (tertiary/aromatic N) is 4. The number of rotatable bonds is 5. The Hall–Kier alpha value is -3.56. The summed E-state index contributed by atoms with van der Waals surface area (Å²) in [6.45, 7) is 3.83. The SMILES string of the molecule is CN1CCN(c2cccc3c(=O)cc(C(=O)NCc4cccc(-c5cnns5)c4)oc23)CC1. The summed E-state index contributed by atoms with van der Waals surface area (Å²) in [5.41, 5.74) is 3.00. The second-order valence-corrected chi connectivity index (χ2v) is 8.87. The zero-order chi connectivity index (χ0) is 22.8. The number of carbonyl (C=O) groups excluding carboxylic acids is 1. The van der Waals surface area contributed by atoms with E-state index >= 15 is 0 Å². The minimum absolute atomic E-state index is 0.0110. The van der Waals surface area contributed by atoms with Gasteiger partial charge in [-0.2, -0.15) is 0 Å². The van der Waals surface area contributed by atoms with Gasteiger partial charge in [0.05, 0.1) is 22.1 Å². The number of fused-ring (bicyclic) bond motifs is 1. The highest BCUT2D eigenvalue weighted by molar-refractivity contribution is 7.09. The molecule has 0 saturated carbocycles. The van der Waals surface area contributed by atoms with Crippen LogP contribution in [0.3, 0.4) is 0 Å². The largest absolute Gasteiger partial charge is 0.448 e. The van der Waals surface area contributed by atoms with E-state index in [1.54, 1.807) is 12.3 Å². The second-order valence-electron chi connectivity index (χ2n) is 8.08. The van der Waals surface area contributed by atoms with Gasteiger partial charge >= 0.3 is 0 Å². The van der Waals surface area contributed by atoms with Crippen molar-refractivity contribution in [3.05, 3.63) is 76.3 Å². The highest BCUT2D eigenvalue weighted by Crippen LogP contribution is 2.27. The van der Waals surface area contributed by atoms with Crippen molar-refractivity contribution < 1.29 is 9.21 Å². The standard InChI is InChI=1S/C24H23N5O3S/c1-28-8-10-29(11-9-28)19-7-3-6-18-20(30)13-21(32-23(18)19)24(31)25-14-16-4-2-5-17(12-16)22-15-26-27-33-22/h2-7,12-13,15H,8-11,14H2,1H3,(H,25,31). The van der Waals surface area contributed by atoms with Gasteiger partial charge in [0.15, 0.2) is 16.8 Å². The first-order valence-electron chi connectivity index (χ1n) is 10.7. The number of nitrogens with one attached hydrogen (secondary N) is 1. The van der Waals surface area contributed by atoms with E-state index in [9.17, 15) is 9.59 Å². The molecule has 1 saturated heterocycles. The Balaban J connectivity index is 1.38. The van der Waals surface area contributed by atoms with Crippen molar-refractivity contribution in [3.63, 3.8) is 0 Å². The fourth-order valence-corrected chi connectivity index (χ4v) is 4.48. The Morgan fingerprint density at radius 2 is 1.94 bits per heavy atom. The number of anilines is 1. The predicted octanol–water partition coefficient (Wildman–Crippen LogP) is 2.99. The summed E-state index contributed by atoms with van der Waals surface area (Å²) < 4.78 is 9.90. The van der Waals surface area contributed by atoms with Gasteiger partial charge in [-0.05, 0) is 47.9 Å². The van der Waals surface area contributed by atoms with Crippen LogP contribution in [0.5, 0.6) is 0 Å². The maximum atomic E-state index is 12.9. The average molecular weight is 462 g/mol. The molecule has 168 valence electrons. The van der Waals surface area contributed by atoms with Crippen LogP contribution in [0.15, 0.2) is 63.9 Å². The summed E-state index contributed by atoms with van der Waals surface area (Å²) in [7, 11) is 2.09. The molecule has 2 aromatic heterocycles. The predicted molar refractivity (Wildman–Crippen MR) is 129 cm³/mol. The Bertz CT molecular complexity index is 1340. The number of piperazine rings is 1. The summed E-state index contributed by atoms with van der Waals surface area (Å²) >= 11 is 1.32. The van der Waals surface area contributed by atoms with Crippen LogP contribution in [0.2, 0.25) is 0 Å². The molecule has 0 aliphatic carbocycles. The molecule has 33 heavy (non-hydrogen) atoms. The zero-order valence-corrected chi connectivity index (χ0v) is 19.0. The van der Waals surface area contributed by atoms with E-state index in [1.165, 1.54) is 17.6 Å². The van der Waals surface area contributed by atoms with Gasteiger partial charge in [-0.25, -0.2) is 0 Å². The summed E-state index contributed by atoms with van der Waals surface area (Å²) in [4.78, 5) is 31.1. The molecule has 9 heteroatoms. The van der Waals surface area contributed by atoms with Crippen LogP contribution < -0.4 is 15.6 Å². The molecule has 3 heterocycles. The Morgan fingerprint density at radius 3 is 2.73 bits per heavy atom. The number of hydrogen-bond acceptors (Lipinski definition) is 8. The highest BCUT2D eigenvalue weighted by atomic mass is 32.1. The van der Waals surface area contributed by atoms with Gasteiger partial charge in [0.2, 0.25) is 0 Å². The summed E-state index contributed by atoms with van der Waals surface area (Å²) in [6.07, 6.45) is 1.71. The summed E-state index contributed by atoms with van der Waals surface area (Å²) in [6, 6.07) is 14.6. The van der Waals surface area contributed by atoms with Crippen molar-refractivity contribution in [1.29, 1.82) is 0 Å². The van der Waals surface area contributed by atoms with Gasteiger partial charge in [0, 0.05) is 38.8 Å². The molecule has 1 N–H and O–H groups in total. The van der Waals surface area contributed by atoms with Crippen LogP contribution in [-0.2, 0) is 6.54 Å². The molecule has 1 aliphatic heterocycles. The number of carbonyl (C=O) groups is 1. The van der Waals surface area contributed by atoms with Crippen molar-refractivity contribution >= 4 is 34.1 Å². The molecule has 5 rings (SSSR count). The second kappa shape index (κ2) is 9.13. The van der Waals surface area contributed by atoms with E-state index in [0.29, 0.717) is 17.5 Å². The third kappa shape index (κ3) is 4.50. The van der Waals surface area contributed by atoms with E-state index in [2.05, 4.69) is 31.8 Å². The lowest BCUT2D eigenvalue weighted by Crippen LogP contribution is -2.44. The van der Waals surface area contributed by atoms with E-state index in [4.69, 9.17) is 4.42 Å². The lowest BCUT2D eigenvalue weighted by atomic mass is 10.1. The molecule has 1 amide bonds. The molecule has 0 unspecified atom stereocenters. The monoisotopic (exact) mass is 461 g/mol. The van der Waals surface area contributed by atoms with Gasteiger partial charge in [-0.15, -0.1) is 5.10 Å². The number of likely N-dealkylation sites (N-methyl/N-ethyl adjacent to an activating group) is 1. The van der Waals surface area contributed by atoms with E-state index in [1.807, 2.05) is 36.4 Å². The number of hydrogen-bond donors (Lipinski definition) is 1. The van der Waals surface area contributed by atoms with Crippen molar-refractivity contribution in [1.82, 2.24) is 19.8 Å². The number of amides is 1. The first kappa shape index (κ1) is 21.3. The van der Waals surface area contributed by atoms with Crippen LogP contribution >= 0.6 is 11.5 Å². The van der Waals surface area contributed by atoms with Crippen molar-refractivity contribution in [2.24, 2.45) is 0 Å². The van der Waals surface area contributed by atoms with Crippen molar-refractivity contribution in [2.75, 3.05) is 38.1 Å². The number of para-hydroxylation sites is 1. The fraction of sp³-hybridized carbons (Fsp3) is 0.250. The zero-order valence-electron chi connectivity index (χ0n) is 18.2. The molecule has 0 radical (unpaired) electrons. The third-order valence-corrected chi connectivity index (χ3v) is 6.54. The Labute approximate surface area is 194 Å². The van der Waals surface area contributed by atoms with Crippen molar-refractivity contribution in [2.45, 2.75) is 6.54 Å². The third-order valence-electron chi connectivity index (χ3n) is 5.83. The highest BCUT2D eigenvalue weighted by Gasteiger charge is 2.20. The van der Waals surface area contributed by atoms with Gasteiger partial charge in [-0.3, -0.25) is 9.59 Å². The first-order valence-corrected chi connectivity index (χ1v) is 11.5. The maximum absolute atomic E-state index is 12.9. The molecule has 2 aromatic carbocycles. The molecule has 0 spiro atoms. The quantitative estimate of drug-likeness (QED) is 0.489. The average Bonchev–Trinajstić information content (AvgIpc) is 3.38. The molecule has 0 atom stereocenters. The minimum Gasteiger partial charge on any atom is -0.448 e. The van der Waals surface area contributed by atoms with Gasteiger partial charge in [0.25, 0.3) is 5.91 Å². The molecule has 0 bridgehead atoms. The summed E-state index contributed by atoms with van der Waals surface area (Å²) in [5.74, 6) is -0.413. The molecule has 1 fully saturated rings. The van der Waals surface area contributed by atoms with Crippen LogP contribution in [-0.4, -0.2) is 53.6 Å². The van der Waals surface area contributed by atoms with Crippen LogP contribution in [0.1, 0.15) is 16.1 Å². The molecule has 1 aliphatic rings. The normalized spacial score (nSPS) is 14.5. The molecular weight excluding hydrogens is 438 g/mol. The Kier molecular flexibility index (Phi) is 5.89. The minimum atomic E-state index is -0.424. The van der Waals surface area contributed by atoms with E-state index < -0.39 is 5.91 Å². The van der Waals surface area contributed by atoms with E-state index in [0.717, 1.165) is 47.9 Å². The first-order chi connectivity index (χ1) is 16.1. The van der Waals surface area contributed by atoms with Crippen LogP contribution in [0.4, 0.5) is 5.69 Å².